The molecule has 0 spiro atoms. The van der Waals surface area contributed by atoms with E-state index in [2.05, 4.69) is 5.32 Å². The maximum atomic E-state index is 11.6. The molecule has 1 amide bonds. The summed E-state index contributed by atoms with van der Waals surface area (Å²) in [6.45, 7) is 2.13. The van der Waals surface area contributed by atoms with Crippen molar-refractivity contribution in [1.82, 2.24) is 0 Å². The van der Waals surface area contributed by atoms with Crippen LogP contribution in [0.3, 0.4) is 0 Å². The Hall–Kier alpha value is -1.51. The maximum Gasteiger partial charge on any atom is 0.224 e. The second-order valence-electron chi connectivity index (χ2n) is 4.20. The van der Waals surface area contributed by atoms with Crippen LogP contribution in [0.1, 0.15) is 25.3 Å². The minimum Gasteiger partial charge on any atom is -0.395 e. The smallest absolute Gasteiger partial charge is 0.224 e. The van der Waals surface area contributed by atoms with E-state index in [4.69, 9.17) is 10.4 Å². The Kier molecular flexibility index (Phi) is 7.01. The third-order valence-corrected chi connectivity index (χ3v) is 3.75. The van der Waals surface area contributed by atoms with Gasteiger partial charge in [-0.05, 0) is 36.4 Å². The van der Waals surface area contributed by atoms with E-state index in [0.717, 1.165) is 12.2 Å². The Morgan fingerprint density at radius 1 is 1.47 bits per heavy atom. The van der Waals surface area contributed by atoms with Gasteiger partial charge < -0.3 is 10.4 Å². The predicted octanol–water partition coefficient (Wildman–Crippen LogP) is 2.39. The molecule has 0 heterocycles. The molecule has 0 fully saturated rings. The number of hydrogen-bond acceptors (Lipinski definition) is 4. The van der Waals surface area contributed by atoms with Gasteiger partial charge in [0.15, 0.2) is 0 Å². The molecule has 1 atom stereocenters. The van der Waals surface area contributed by atoms with E-state index in [1.54, 1.807) is 36.0 Å². The largest absolute Gasteiger partial charge is 0.395 e. The lowest BCUT2D eigenvalue weighted by Gasteiger charge is -2.07. The van der Waals surface area contributed by atoms with E-state index in [1.807, 2.05) is 13.0 Å². The Bertz CT molecular complexity index is 440. The van der Waals surface area contributed by atoms with Crippen molar-refractivity contribution in [2.75, 3.05) is 17.7 Å². The van der Waals surface area contributed by atoms with Gasteiger partial charge in [0, 0.05) is 17.4 Å². The number of aliphatic hydroxyl groups is 1. The molecule has 0 radical (unpaired) electrons. The molecule has 1 unspecified atom stereocenters. The topological polar surface area (TPSA) is 73.1 Å². The van der Waals surface area contributed by atoms with E-state index < -0.39 is 0 Å². The van der Waals surface area contributed by atoms with Gasteiger partial charge in [-0.1, -0.05) is 6.92 Å². The van der Waals surface area contributed by atoms with Crippen molar-refractivity contribution in [3.05, 3.63) is 29.8 Å². The Morgan fingerprint density at radius 3 is 2.74 bits per heavy atom. The predicted molar refractivity (Wildman–Crippen MR) is 78.0 cm³/mol. The number of nitrogens with zero attached hydrogens (tertiary/aromatic N) is 1. The molecule has 0 bridgehead atoms. The minimum atomic E-state index is -0.0260. The van der Waals surface area contributed by atoms with Crippen molar-refractivity contribution in [2.45, 2.75) is 25.0 Å². The lowest BCUT2D eigenvalue weighted by Crippen LogP contribution is -2.12. The second-order valence-corrected chi connectivity index (χ2v) is 5.75. The van der Waals surface area contributed by atoms with Gasteiger partial charge in [-0.3, -0.25) is 4.79 Å². The summed E-state index contributed by atoms with van der Waals surface area (Å²) in [4.78, 5) is 11.6. The van der Waals surface area contributed by atoms with Gasteiger partial charge in [0.1, 0.15) is 0 Å². The summed E-state index contributed by atoms with van der Waals surface area (Å²) in [6.07, 6.45) is 1.25. The standard InChI is InChI=1S/C14H18N2O2S/c1-11(10-17)19-8-2-3-14(18)16-13-6-4-12(9-15)5-7-13/h4-7,11,17H,2-3,8,10H2,1H3,(H,16,18). The number of nitrogens with one attached hydrogen (secondary N) is 1. The van der Waals surface area contributed by atoms with Gasteiger partial charge in [-0.2, -0.15) is 17.0 Å². The van der Waals surface area contributed by atoms with E-state index in [0.29, 0.717) is 17.7 Å². The number of thioether (sulfide) groups is 1. The molecule has 2 N–H and O–H groups in total. The van der Waals surface area contributed by atoms with Gasteiger partial charge >= 0.3 is 0 Å². The van der Waals surface area contributed by atoms with Crippen LogP contribution < -0.4 is 5.32 Å². The highest BCUT2D eigenvalue weighted by Gasteiger charge is 2.04. The van der Waals surface area contributed by atoms with Crippen LogP contribution in [0.15, 0.2) is 24.3 Å². The fraction of sp³-hybridized carbons (Fsp3) is 0.429. The van der Waals surface area contributed by atoms with Crippen molar-refractivity contribution in [3.8, 4) is 6.07 Å². The summed E-state index contributed by atoms with van der Waals surface area (Å²) >= 11 is 1.66. The second kappa shape index (κ2) is 8.57. The average Bonchev–Trinajstić information content (AvgIpc) is 2.44. The molecule has 0 aliphatic rings. The Labute approximate surface area is 117 Å². The molecule has 1 aromatic carbocycles. The zero-order chi connectivity index (χ0) is 14.1. The number of carbonyl (C=O) groups excluding carboxylic acids is 1. The van der Waals surface area contributed by atoms with E-state index in [9.17, 15) is 4.79 Å². The van der Waals surface area contributed by atoms with Crippen LogP contribution in [0.5, 0.6) is 0 Å². The highest BCUT2D eigenvalue weighted by Crippen LogP contribution is 2.13. The van der Waals surface area contributed by atoms with Crippen LogP contribution in [0.4, 0.5) is 5.69 Å². The first-order valence-corrected chi connectivity index (χ1v) is 7.23. The summed E-state index contributed by atoms with van der Waals surface area (Å²) in [5.74, 6) is 0.838. The molecule has 19 heavy (non-hydrogen) atoms. The highest BCUT2D eigenvalue weighted by atomic mass is 32.2. The highest BCUT2D eigenvalue weighted by molar-refractivity contribution is 7.99. The molecule has 102 valence electrons. The first-order chi connectivity index (χ1) is 9.15. The Morgan fingerprint density at radius 2 is 2.16 bits per heavy atom. The zero-order valence-electron chi connectivity index (χ0n) is 10.9. The van der Waals surface area contributed by atoms with Crippen LogP contribution in [0, 0.1) is 11.3 Å². The van der Waals surface area contributed by atoms with Crippen LogP contribution in [0.25, 0.3) is 0 Å². The molecular formula is C14H18N2O2S. The van der Waals surface area contributed by atoms with Crippen molar-refractivity contribution in [2.24, 2.45) is 0 Å². The van der Waals surface area contributed by atoms with Gasteiger partial charge in [0.2, 0.25) is 5.91 Å². The molecule has 4 nitrogen and oxygen atoms in total. The van der Waals surface area contributed by atoms with Crippen molar-refractivity contribution in [1.29, 1.82) is 5.26 Å². The van der Waals surface area contributed by atoms with Crippen LogP contribution >= 0.6 is 11.8 Å². The van der Waals surface area contributed by atoms with E-state index >= 15 is 0 Å². The number of rotatable bonds is 7. The number of amides is 1. The van der Waals surface area contributed by atoms with Crippen molar-refractivity contribution < 1.29 is 9.90 Å². The number of nitriles is 1. The molecule has 0 aliphatic carbocycles. The number of anilines is 1. The summed E-state index contributed by atoms with van der Waals surface area (Å²) in [7, 11) is 0. The fourth-order valence-electron chi connectivity index (χ4n) is 1.42. The fourth-order valence-corrected chi connectivity index (χ4v) is 2.24. The third-order valence-electron chi connectivity index (χ3n) is 2.51. The number of benzene rings is 1. The van der Waals surface area contributed by atoms with Gasteiger partial charge in [-0.25, -0.2) is 0 Å². The van der Waals surface area contributed by atoms with Gasteiger partial charge in [-0.15, -0.1) is 0 Å². The summed E-state index contributed by atoms with van der Waals surface area (Å²) in [5, 5.41) is 20.5. The molecule has 1 aromatic rings. The van der Waals surface area contributed by atoms with Crippen molar-refractivity contribution >= 4 is 23.4 Å². The van der Waals surface area contributed by atoms with E-state index in [1.165, 1.54) is 0 Å². The quantitative estimate of drug-likeness (QED) is 0.751. The molecule has 5 heteroatoms. The normalized spacial score (nSPS) is 11.6. The molecule has 0 aromatic heterocycles. The van der Waals surface area contributed by atoms with Crippen LogP contribution in [-0.4, -0.2) is 28.6 Å². The molecular weight excluding hydrogens is 260 g/mol. The SMILES string of the molecule is CC(CO)SCCCC(=O)Nc1ccc(C#N)cc1. The number of hydrogen-bond donors (Lipinski definition) is 2. The molecule has 0 saturated carbocycles. The summed E-state index contributed by atoms with van der Waals surface area (Å²) in [5.41, 5.74) is 1.28. The minimum absolute atomic E-state index is 0.0260. The summed E-state index contributed by atoms with van der Waals surface area (Å²) in [6, 6.07) is 8.82. The number of aliphatic hydroxyl groups excluding tert-OH is 1. The average molecular weight is 278 g/mol. The summed E-state index contributed by atoms with van der Waals surface area (Å²) < 4.78 is 0. The van der Waals surface area contributed by atoms with Crippen molar-refractivity contribution in [3.63, 3.8) is 0 Å². The molecule has 0 saturated heterocycles. The van der Waals surface area contributed by atoms with Crippen LogP contribution in [-0.2, 0) is 4.79 Å². The monoisotopic (exact) mass is 278 g/mol. The third kappa shape index (κ3) is 6.27. The first kappa shape index (κ1) is 15.5. The van der Waals surface area contributed by atoms with Crippen LogP contribution in [0.2, 0.25) is 0 Å². The Balaban J connectivity index is 2.25. The maximum absolute atomic E-state index is 11.6. The molecule has 1 rings (SSSR count). The number of carbonyl (C=O) groups is 1. The first-order valence-electron chi connectivity index (χ1n) is 6.18. The zero-order valence-corrected chi connectivity index (χ0v) is 11.7. The lowest BCUT2D eigenvalue weighted by molar-refractivity contribution is -0.116. The molecule has 0 aliphatic heterocycles. The lowest BCUT2D eigenvalue weighted by atomic mass is 10.2. The van der Waals surface area contributed by atoms with Gasteiger partial charge in [0.05, 0.1) is 18.2 Å². The van der Waals surface area contributed by atoms with Gasteiger partial charge in [0.25, 0.3) is 0 Å². The van der Waals surface area contributed by atoms with E-state index in [-0.39, 0.29) is 17.8 Å².